The monoisotopic (exact) mass is 1090 g/mol. The third kappa shape index (κ3) is 8.55. The van der Waals surface area contributed by atoms with Crippen molar-refractivity contribution in [2.75, 3.05) is 14.7 Å². The van der Waals surface area contributed by atoms with E-state index in [9.17, 15) is 0 Å². The lowest BCUT2D eigenvalue weighted by atomic mass is 9.33. The molecule has 4 heteroatoms. The Balaban J connectivity index is 1.14. The second kappa shape index (κ2) is 17.9. The number of fused-ring (bicyclic) bond motifs is 9. The van der Waals surface area contributed by atoms with Gasteiger partial charge in [0.25, 0.3) is 6.71 Å². The lowest BCUT2D eigenvalue weighted by Gasteiger charge is -2.47. The van der Waals surface area contributed by atoms with Gasteiger partial charge in [-0.25, -0.2) is 0 Å². The Kier molecular flexibility index (Phi) is 11.9. The normalized spacial score (nSPS) is 18.1. The highest BCUT2D eigenvalue weighted by atomic mass is 15.2. The molecule has 0 saturated carbocycles. The number of hydrogen-bond acceptors (Lipinski definition) is 3. The largest absolute Gasteiger partial charge is 0.311 e. The zero-order chi connectivity index (χ0) is 59.3. The van der Waals surface area contributed by atoms with Crippen molar-refractivity contribution < 1.29 is 0 Å². The van der Waals surface area contributed by atoms with E-state index >= 15 is 0 Å². The molecule has 83 heavy (non-hydrogen) atoms. The average Bonchev–Trinajstić information content (AvgIpc) is 1.62. The molecule has 0 N–H and O–H groups in total. The summed E-state index contributed by atoms with van der Waals surface area (Å²) in [5.41, 5.74) is 31.7. The maximum absolute atomic E-state index is 2.76. The van der Waals surface area contributed by atoms with Gasteiger partial charge in [0.2, 0.25) is 0 Å². The molecule has 0 atom stereocenters. The maximum atomic E-state index is 2.76. The van der Waals surface area contributed by atoms with E-state index in [0.29, 0.717) is 0 Å². The van der Waals surface area contributed by atoms with Gasteiger partial charge in [0.15, 0.2) is 0 Å². The minimum atomic E-state index is -0.169. The SMILES string of the molecule is Cc1cc2c(cc1N1c3cc4c(cc3B3c5ccc(N(c6ccc(C(C)(C)C)cc6)c6ccc(C(C)(C)C)cc6)cc5N(c5ccc6c(c5)-c5ccccc5C6(C)C)c5cc(C(C)(C)C)cc1c53)C(C)(C)CC4(C)C)C(C)(C)CCC2(C)C. The molecule has 13 rings (SSSR count). The van der Waals surface area contributed by atoms with Gasteiger partial charge in [0.1, 0.15) is 0 Å². The van der Waals surface area contributed by atoms with Gasteiger partial charge < -0.3 is 14.7 Å². The van der Waals surface area contributed by atoms with E-state index < -0.39 is 0 Å². The summed E-state index contributed by atoms with van der Waals surface area (Å²) in [5, 5.41) is 0. The number of benzene rings is 8. The molecule has 3 aliphatic carbocycles. The summed E-state index contributed by atoms with van der Waals surface area (Å²) >= 11 is 0. The van der Waals surface area contributed by atoms with E-state index in [0.717, 1.165) is 29.9 Å². The van der Waals surface area contributed by atoms with Crippen LogP contribution in [0.4, 0.5) is 51.2 Å². The van der Waals surface area contributed by atoms with Gasteiger partial charge in [0.05, 0.1) is 0 Å². The van der Waals surface area contributed by atoms with Crippen molar-refractivity contribution in [1.82, 2.24) is 0 Å². The molecule has 2 heterocycles. The summed E-state index contributed by atoms with van der Waals surface area (Å²) in [4.78, 5) is 7.95. The lowest BCUT2D eigenvalue weighted by molar-refractivity contribution is 0.332. The van der Waals surface area contributed by atoms with E-state index in [-0.39, 0.29) is 50.0 Å². The van der Waals surface area contributed by atoms with Gasteiger partial charge >= 0.3 is 0 Å². The summed E-state index contributed by atoms with van der Waals surface area (Å²) in [7, 11) is 0. The minimum Gasteiger partial charge on any atom is -0.311 e. The quantitative estimate of drug-likeness (QED) is 0.159. The molecular formula is C79H90BN3. The number of rotatable bonds is 5. The molecule has 0 radical (unpaired) electrons. The van der Waals surface area contributed by atoms with Crippen LogP contribution in [0, 0.1) is 6.92 Å². The summed E-state index contributed by atoms with van der Waals surface area (Å²) in [6.45, 7) is 48.1. The maximum Gasteiger partial charge on any atom is 0.252 e. The molecule has 0 saturated heterocycles. The molecule has 0 spiro atoms. The molecule has 2 aliphatic heterocycles. The average molecular weight is 1090 g/mol. The molecule has 0 bridgehead atoms. The first-order chi connectivity index (χ1) is 38.7. The fourth-order valence-electron chi connectivity index (χ4n) is 16.0. The van der Waals surface area contributed by atoms with E-state index in [1.807, 2.05) is 0 Å². The van der Waals surface area contributed by atoms with Crippen molar-refractivity contribution in [3.63, 3.8) is 0 Å². The second-order valence-electron chi connectivity index (χ2n) is 32.2. The number of nitrogens with zero attached hydrogens (tertiary/aromatic N) is 3. The van der Waals surface area contributed by atoms with Crippen LogP contribution in [0.3, 0.4) is 0 Å². The molecule has 8 aromatic carbocycles. The van der Waals surface area contributed by atoms with Crippen LogP contribution in [0.2, 0.25) is 0 Å². The third-order valence-corrected chi connectivity index (χ3v) is 20.9. The Labute approximate surface area is 499 Å². The summed E-state index contributed by atoms with van der Waals surface area (Å²) in [6.07, 6.45) is 3.45. The van der Waals surface area contributed by atoms with Crippen LogP contribution in [0.25, 0.3) is 11.1 Å². The second-order valence-corrected chi connectivity index (χ2v) is 32.2. The Bertz CT molecular complexity index is 3930. The summed E-state index contributed by atoms with van der Waals surface area (Å²) in [5.74, 6) is 0. The van der Waals surface area contributed by atoms with Crippen molar-refractivity contribution in [1.29, 1.82) is 0 Å². The standard InChI is InChI=1S/C79H90BN3/c1-48-39-60-62(76(13,14)38-37-75(60,11)12)45-66(48)83-68-46-63-61(77(15,16)47-78(63,17)18)44-65(68)80-64-36-34-55(81(52-29-25-49(26-30-52)72(2,3)4)53-31-27-50(28-32-53)73(5,6)7)43-67(64)82(69-40-51(74(8,9)10)41-70(83)71(69)80)54-33-35-59-57(42-54)56-23-21-22-24-58(56)79(59,19)20/h21-36,39-46H,37-38,47H2,1-20H3. The van der Waals surface area contributed by atoms with Gasteiger partial charge in [-0.3, -0.25) is 0 Å². The van der Waals surface area contributed by atoms with Crippen LogP contribution in [-0.2, 0) is 43.3 Å². The van der Waals surface area contributed by atoms with Crippen molar-refractivity contribution in [3.8, 4) is 11.1 Å². The molecule has 0 amide bonds. The minimum absolute atomic E-state index is 0.00267. The molecule has 0 aromatic heterocycles. The van der Waals surface area contributed by atoms with Gasteiger partial charge in [-0.1, -0.05) is 204 Å². The predicted molar refractivity (Wildman–Crippen MR) is 360 cm³/mol. The van der Waals surface area contributed by atoms with Gasteiger partial charge in [-0.15, -0.1) is 0 Å². The number of hydrogen-bond donors (Lipinski definition) is 0. The van der Waals surface area contributed by atoms with Crippen molar-refractivity contribution >= 4 is 74.3 Å². The smallest absolute Gasteiger partial charge is 0.252 e. The fourth-order valence-corrected chi connectivity index (χ4v) is 16.0. The van der Waals surface area contributed by atoms with Gasteiger partial charge in [0, 0.05) is 56.6 Å². The van der Waals surface area contributed by atoms with E-state index in [2.05, 4.69) is 299 Å². The van der Waals surface area contributed by atoms with Gasteiger partial charge in [-0.2, -0.15) is 0 Å². The molecule has 5 aliphatic rings. The van der Waals surface area contributed by atoms with Crippen molar-refractivity contribution in [2.24, 2.45) is 0 Å². The van der Waals surface area contributed by atoms with E-state index in [1.165, 1.54) is 124 Å². The van der Waals surface area contributed by atoms with E-state index in [4.69, 9.17) is 0 Å². The lowest BCUT2D eigenvalue weighted by Crippen LogP contribution is -2.61. The molecule has 0 fully saturated rings. The Morgan fingerprint density at radius 3 is 1.45 bits per heavy atom. The van der Waals surface area contributed by atoms with Gasteiger partial charge in [-0.05, 0) is 220 Å². The first-order valence-corrected chi connectivity index (χ1v) is 31.2. The van der Waals surface area contributed by atoms with Crippen molar-refractivity contribution in [3.05, 3.63) is 201 Å². The van der Waals surface area contributed by atoms with Crippen molar-refractivity contribution in [2.45, 2.75) is 201 Å². The van der Waals surface area contributed by atoms with Crippen LogP contribution in [-0.4, -0.2) is 6.71 Å². The zero-order valence-corrected chi connectivity index (χ0v) is 53.9. The molecular weight excluding hydrogens is 1000 g/mol. The number of anilines is 9. The molecule has 424 valence electrons. The first kappa shape index (κ1) is 55.4. The van der Waals surface area contributed by atoms with Crippen LogP contribution in [0.5, 0.6) is 0 Å². The highest BCUT2D eigenvalue weighted by Crippen LogP contribution is 2.57. The molecule has 3 nitrogen and oxygen atoms in total. The molecule has 0 unspecified atom stereocenters. The first-order valence-electron chi connectivity index (χ1n) is 31.2. The molecule has 8 aromatic rings. The highest BCUT2D eigenvalue weighted by Gasteiger charge is 2.50. The van der Waals surface area contributed by atoms with E-state index in [1.54, 1.807) is 0 Å². The summed E-state index contributed by atoms with van der Waals surface area (Å²) < 4.78 is 0. The topological polar surface area (TPSA) is 9.72 Å². The van der Waals surface area contributed by atoms with Crippen LogP contribution in [0.1, 0.15) is 206 Å². The van der Waals surface area contributed by atoms with Crippen LogP contribution < -0.4 is 31.1 Å². The van der Waals surface area contributed by atoms with Crippen LogP contribution in [0.15, 0.2) is 146 Å². The Hall–Kier alpha value is -6.78. The summed E-state index contributed by atoms with van der Waals surface area (Å²) in [6, 6.07) is 58.6. The Morgan fingerprint density at radius 1 is 0.386 bits per heavy atom. The fraction of sp³-hybridized carbons (Fsp3) is 0.392. The third-order valence-electron chi connectivity index (χ3n) is 20.9. The Morgan fingerprint density at radius 2 is 0.867 bits per heavy atom. The zero-order valence-electron chi connectivity index (χ0n) is 53.9. The predicted octanol–water partition coefficient (Wildman–Crippen LogP) is 20.1. The highest BCUT2D eigenvalue weighted by molar-refractivity contribution is 7.00. The number of aryl methyl sites for hydroxylation is 1. The van der Waals surface area contributed by atoms with Crippen LogP contribution >= 0.6 is 0 Å².